The Morgan fingerprint density at radius 3 is 3.11 bits per heavy atom. The molecule has 100 valence electrons. The second kappa shape index (κ2) is 5.89. The third kappa shape index (κ3) is 3.15. The van der Waals surface area contributed by atoms with Crippen molar-refractivity contribution in [1.82, 2.24) is 5.32 Å². The van der Waals surface area contributed by atoms with Crippen molar-refractivity contribution in [2.45, 2.75) is 18.8 Å². The summed E-state index contributed by atoms with van der Waals surface area (Å²) in [5, 5.41) is 3.21. The van der Waals surface area contributed by atoms with Gasteiger partial charge in [-0.25, -0.2) is 0 Å². The lowest BCUT2D eigenvalue weighted by atomic mass is 9.89. The minimum atomic E-state index is -0.337. The van der Waals surface area contributed by atoms with Crippen molar-refractivity contribution in [1.29, 1.82) is 0 Å². The molecular weight excluding hydrogens is 266 g/mol. The van der Waals surface area contributed by atoms with Gasteiger partial charge >= 0.3 is 5.97 Å². The molecule has 1 N–H and O–H groups in total. The predicted molar refractivity (Wildman–Crippen MR) is 72.3 cm³/mol. The van der Waals surface area contributed by atoms with Gasteiger partial charge < -0.3 is 10.1 Å². The number of hydrogen-bond donors (Lipinski definition) is 1. The van der Waals surface area contributed by atoms with E-state index >= 15 is 0 Å². The third-order valence-corrected chi connectivity index (χ3v) is 3.26. The first kappa shape index (κ1) is 13.6. The Hall–Kier alpha value is -1.81. The number of halogens is 1. The Bertz CT molecular complexity index is 527. The molecule has 0 saturated heterocycles. The smallest absolute Gasteiger partial charge is 0.311 e. The number of hydrogen-bond acceptors (Lipinski definition) is 3. The molecule has 0 aliphatic carbocycles. The highest BCUT2D eigenvalue weighted by molar-refractivity contribution is 6.31. The van der Waals surface area contributed by atoms with Crippen molar-refractivity contribution >= 4 is 23.5 Å². The fourth-order valence-corrected chi connectivity index (χ4v) is 2.45. The SMILES string of the molecule is C=CCNC(=O)C[C@H]1CC(=O)Oc2cccc(Cl)c21. The van der Waals surface area contributed by atoms with Crippen LogP contribution < -0.4 is 10.1 Å². The molecule has 1 amide bonds. The van der Waals surface area contributed by atoms with Crippen LogP contribution in [0.2, 0.25) is 5.02 Å². The summed E-state index contributed by atoms with van der Waals surface area (Å²) in [6.07, 6.45) is 1.98. The van der Waals surface area contributed by atoms with Gasteiger partial charge in [-0.1, -0.05) is 23.7 Å². The quantitative estimate of drug-likeness (QED) is 0.523. The molecule has 1 aliphatic heterocycles. The van der Waals surface area contributed by atoms with Gasteiger partial charge in [0, 0.05) is 29.5 Å². The zero-order valence-electron chi connectivity index (χ0n) is 10.3. The molecule has 5 heteroatoms. The van der Waals surface area contributed by atoms with Crippen LogP contribution in [0.4, 0.5) is 0 Å². The molecule has 1 aromatic rings. The molecule has 0 aromatic heterocycles. The van der Waals surface area contributed by atoms with Gasteiger partial charge in [-0.3, -0.25) is 9.59 Å². The van der Waals surface area contributed by atoms with Crippen LogP contribution >= 0.6 is 11.6 Å². The van der Waals surface area contributed by atoms with E-state index in [0.717, 1.165) is 5.56 Å². The van der Waals surface area contributed by atoms with E-state index in [0.29, 0.717) is 17.3 Å². The topological polar surface area (TPSA) is 55.4 Å². The summed E-state index contributed by atoms with van der Waals surface area (Å²) in [7, 11) is 0. The highest BCUT2D eigenvalue weighted by Gasteiger charge is 2.30. The summed E-state index contributed by atoms with van der Waals surface area (Å²) in [6, 6.07) is 5.13. The summed E-state index contributed by atoms with van der Waals surface area (Å²) >= 11 is 6.13. The van der Waals surface area contributed by atoms with Crippen molar-refractivity contribution in [3.63, 3.8) is 0 Å². The lowest BCUT2D eigenvalue weighted by Gasteiger charge is -2.24. The maximum absolute atomic E-state index is 11.7. The summed E-state index contributed by atoms with van der Waals surface area (Å²) in [5.41, 5.74) is 0.734. The summed E-state index contributed by atoms with van der Waals surface area (Å²) in [5.74, 6) is -0.262. The fourth-order valence-electron chi connectivity index (χ4n) is 2.13. The first-order chi connectivity index (χ1) is 9.11. The normalized spacial score (nSPS) is 17.3. The molecule has 0 spiro atoms. The molecule has 1 heterocycles. The monoisotopic (exact) mass is 279 g/mol. The van der Waals surface area contributed by atoms with Gasteiger partial charge in [0.1, 0.15) is 5.75 Å². The number of rotatable bonds is 4. The Morgan fingerprint density at radius 1 is 1.58 bits per heavy atom. The Labute approximate surface area is 116 Å². The zero-order chi connectivity index (χ0) is 13.8. The van der Waals surface area contributed by atoms with Gasteiger partial charge in [-0.2, -0.15) is 0 Å². The van der Waals surface area contributed by atoms with E-state index in [-0.39, 0.29) is 30.6 Å². The molecule has 0 bridgehead atoms. The van der Waals surface area contributed by atoms with Gasteiger partial charge in [0.2, 0.25) is 5.91 Å². The van der Waals surface area contributed by atoms with Crippen LogP contribution in [-0.2, 0) is 9.59 Å². The first-order valence-corrected chi connectivity index (χ1v) is 6.36. The Balaban J connectivity index is 2.20. The molecular formula is C14H14ClNO3. The molecule has 1 atom stereocenters. The van der Waals surface area contributed by atoms with Crippen LogP contribution in [0, 0.1) is 0 Å². The Morgan fingerprint density at radius 2 is 2.37 bits per heavy atom. The van der Waals surface area contributed by atoms with Gasteiger partial charge in [0.05, 0.1) is 6.42 Å². The van der Waals surface area contributed by atoms with E-state index in [1.165, 1.54) is 0 Å². The number of nitrogens with one attached hydrogen (secondary N) is 1. The van der Waals surface area contributed by atoms with Crippen LogP contribution in [0.25, 0.3) is 0 Å². The first-order valence-electron chi connectivity index (χ1n) is 5.98. The minimum Gasteiger partial charge on any atom is -0.426 e. The van der Waals surface area contributed by atoms with Gasteiger partial charge in [-0.05, 0) is 12.1 Å². The predicted octanol–water partition coefficient (Wildman–Crippen LogP) is 2.43. The standard InChI is InChI=1S/C14H14ClNO3/c1-2-6-16-12(17)7-9-8-13(18)19-11-5-3-4-10(15)14(9)11/h2-5,9H,1,6-8H2,(H,16,17)/t9-/m0/s1. The molecule has 0 unspecified atom stereocenters. The van der Waals surface area contributed by atoms with Gasteiger partial charge in [0.25, 0.3) is 0 Å². The number of carbonyl (C=O) groups is 2. The van der Waals surface area contributed by atoms with E-state index < -0.39 is 0 Å². The number of amides is 1. The molecule has 19 heavy (non-hydrogen) atoms. The molecule has 1 aliphatic rings. The third-order valence-electron chi connectivity index (χ3n) is 2.93. The maximum Gasteiger partial charge on any atom is 0.311 e. The summed E-state index contributed by atoms with van der Waals surface area (Å²) in [4.78, 5) is 23.3. The van der Waals surface area contributed by atoms with Gasteiger partial charge in [-0.15, -0.1) is 6.58 Å². The highest BCUT2D eigenvalue weighted by Crippen LogP contribution is 2.40. The summed E-state index contributed by atoms with van der Waals surface area (Å²) < 4.78 is 5.13. The second-order valence-corrected chi connectivity index (χ2v) is 4.73. The van der Waals surface area contributed by atoms with Gasteiger partial charge in [0.15, 0.2) is 0 Å². The average Bonchev–Trinajstić information content (AvgIpc) is 2.35. The molecule has 0 radical (unpaired) electrons. The van der Waals surface area contributed by atoms with E-state index in [4.69, 9.17) is 16.3 Å². The number of fused-ring (bicyclic) bond motifs is 1. The second-order valence-electron chi connectivity index (χ2n) is 4.32. The van der Waals surface area contributed by atoms with Crippen molar-refractivity contribution in [2.24, 2.45) is 0 Å². The Kier molecular flexibility index (Phi) is 4.22. The van der Waals surface area contributed by atoms with Crippen LogP contribution in [-0.4, -0.2) is 18.4 Å². The highest BCUT2D eigenvalue weighted by atomic mass is 35.5. The largest absolute Gasteiger partial charge is 0.426 e. The number of ether oxygens (including phenoxy) is 1. The fraction of sp³-hybridized carbons (Fsp3) is 0.286. The lowest BCUT2D eigenvalue weighted by Crippen LogP contribution is -2.28. The van der Waals surface area contributed by atoms with Crippen LogP contribution in [0.1, 0.15) is 24.3 Å². The average molecular weight is 280 g/mol. The summed E-state index contributed by atoms with van der Waals surface area (Å²) in [6.45, 7) is 3.94. The van der Waals surface area contributed by atoms with Crippen LogP contribution in [0.3, 0.4) is 0 Å². The van der Waals surface area contributed by atoms with E-state index in [9.17, 15) is 9.59 Å². The minimum absolute atomic E-state index is 0.134. The van der Waals surface area contributed by atoms with Crippen LogP contribution in [0.5, 0.6) is 5.75 Å². The van der Waals surface area contributed by atoms with E-state index in [2.05, 4.69) is 11.9 Å². The molecule has 2 rings (SSSR count). The molecule has 1 aromatic carbocycles. The number of benzene rings is 1. The maximum atomic E-state index is 11.7. The zero-order valence-corrected chi connectivity index (χ0v) is 11.1. The van der Waals surface area contributed by atoms with Crippen molar-refractivity contribution in [3.8, 4) is 5.75 Å². The molecule has 0 fully saturated rings. The molecule has 4 nitrogen and oxygen atoms in total. The van der Waals surface area contributed by atoms with E-state index in [1.54, 1.807) is 24.3 Å². The number of esters is 1. The van der Waals surface area contributed by atoms with Crippen molar-refractivity contribution < 1.29 is 14.3 Å². The van der Waals surface area contributed by atoms with Crippen molar-refractivity contribution in [3.05, 3.63) is 41.4 Å². The lowest BCUT2D eigenvalue weighted by molar-refractivity contribution is -0.136. The molecule has 0 saturated carbocycles. The van der Waals surface area contributed by atoms with Crippen molar-refractivity contribution in [2.75, 3.05) is 6.54 Å². The van der Waals surface area contributed by atoms with Crippen LogP contribution in [0.15, 0.2) is 30.9 Å². The number of carbonyl (C=O) groups excluding carboxylic acids is 2. The van der Waals surface area contributed by atoms with E-state index in [1.807, 2.05) is 0 Å².